The van der Waals surface area contributed by atoms with Crippen molar-refractivity contribution in [2.24, 2.45) is 5.92 Å². The van der Waals surface area contributed by atoms with Gasteiger partial charge in [-0.1, -0.05) is 20.3 Å². The maximum absolute atomic E-state index is 5.31. The van der Waals surface area contributed by atoms with Gasteiger partial charge in [0.25, 0.3) is 0 Å². The van der Waals surface area contributed by atoms with Crippen molar-refractivity contribution in [2.45, 2.75) is 20.3 Å². The van der Waals surface area contributed by atoms with Crippen molar-refractivity contribution in [3.63, 3.8) is 0 Å². The second kappa shape index (κ2) is 6.26. The summed E-state index contributed by atoms with van der Waals surface area (Å²) in [7, 11) is 3.32. The molecule has 0 fully saturated rings. The van der Waals surface area contributed by atoms with Crippen molar-refractivity contribution in [1.29, 1.82) is 0 Å². The molecule has 0 spiro atoms. The molecule has 1 rings (SSSR count). The first-order valence-electron chi connectivity index (χ1n) is 5.67. The predicted octanol–water partition coefficient (Wildman–Crippen LogP) is 3.16. The lowest BCUT2D eigenvalue weighted by Crippen LogP contribution is -2.10. The van der Waals surface area contributed by atoms with Gasteiger partial charge in [-0.3, -0.25) is 0 Å². The average molecular weight is 223 g/mol. The summed E-state index contributed by atoms with van der Waals surface area (Å²) in [5, 5.41) is 3.39. The quantitative estimate of drug-likeness (QED) is 0.803. The minimum atomic E-state index is 0.659. The third kappa shape index (κ3) is 3.33. The Bertz CT molecular complexity index is 326. The highest BCUT2D eigenvalue weighted by Gasteiger charge is 2.05. The molecule has 0 saturated carbocycles. The molecule has 0 radical (unpaired) electrons. The molecule has 90 valence electrons. The zero-order valence-electron chi connectivity index (χ0n) is 10.5. The highest BCUT2D eigenvalue weighted by atomic mass is 16.5. The van der Waals surface area contributed by atoms with Crippen LogP contribution in [0.4, 0.5) is 5.69 Å². The molecular weight excluding hydrogens is 202 g/mol. The van der Waals surface area contributed by atoms with Gasteiger partial charge in [0.15, 0.2) is 0 Å². The first-order valence-corrected chi connectivity index (χ1v) is 5.67. The summed E-state index contributed by atoms with van der Waals surface area (Å²) >= 11 is 0. The molecule has 0 heterocycles. The summed E-state index contributed by atoms with van der Waals surface area (Å²) < 4.78 is 10.5. The lowest BCUT2D eigenvalue weighted by atomic mass is 10.1. The van der Waals surface area contributed by atoms with E-state index in [1.807, 2.05) is 18.2 Å². The van der Waals surface area contributed by atoms with E-state index in [1.54, 1.807) is 14.2 Å². The van der Waals surface area contributed by atoms with Crippen molar-refractivity contribution < 1.29 is 9.47 Å². The SMILES string of the molecule is CCC(C)CNc1ccc(OC)cc1OC. The molecule has 1 N–H and O–H groups in total. The normalized spacial score (nSPS) is 12.0. The highest BCUT2D eigenvalue weighted by molar-refractivity contribution is 5.59. The number of hydrogen-bond acceptors (Lipinski definition) is 3. The number of nitrogens with one attached hydrogen (secondary N) is 1. The Balaban J connectivity index is 2.71. The molecule has 0 saturated heterocycles. The molecule has 1 unspecified atom stereocenters. The summed E-state index contributed by atoms with van der Waals surface area (Å²) in [6.07, 6.45) is 1.17. The molecule has 0 aliphatic carbocycles. The molecule has 0 bridgehead atoms. The van der Waals surface area contributed by atoms with E-state index in [0.717, 1.165) is 23.7 Å². The number of methoxy groups -OCH3 is 2. The van der Waals surface area contributed by atoms with E-state index in [-0.39, 0.29) is 0 Å². The molecule has 1 aromatic carbocycles. The monoisotopic (exact) mass is 223 g/mol. The second-order valence-electron chi connectivity index (χ2n) is 3.96. The molecule has 16 heavy (non-hydrogen) atoms. The number of ether oxygens (including phenoxy) is 2. The van der Waals surface area contributed by atoms with E-state index in [2.05, 4.69) is 19.2 Å². The Hall–Kier alpha value is -1.38. The van der Waals surface area contributed by atoms with Crippen LogP contribution in [0.25, 0.3) is 0 Å². The van der Waals surface area contributed by atoms with Crippen LogP contribution in [-0.2, 0) is 0 Å². The molecule has 1 aromatic rings. The van der Waals surface area contributed by atoms with Crippen molar-refractivity contribution in [1.82, 2.24) is 0 Å². The fourth-order valence-electron chi connectivity index (χ4n) is 1.37. The highest BCUT2D eigenvalue weighted by Crippen LogP contribution is 2.29. The van der Waals surface area contributed by atoms with Crippen LogP contribution >= 0.6 is 0 Å². The number of benzene rings is 1. The maximum atomic E-state index is 5.31. The minimum Gasteiger partial charge on any atom is -0.497 e. The lowest BCUT2D eigenvalue weighted by molar-refractivity contribution is 0.395. The first-order chi connectivity index (χ1) is 7.71. The Morgan fingerprint density at radius 1 is 1.25 bits per heavy atom. The lowest BCUT2D eigenvalue weighted by Gasteiger charge is -2.15. The Morgan fingerprint density at radius 3 is 2.56 bits per heavy atom. The zero-order chi connectivity index (χ0) is 12.0. The number of rotatable bonds is 6. The second-order valence-corrected chi connectivity index (χ2v) is 3.96. The van der Waals surface area contributed by atoms with Crippen LogP contribution in [-0.4, -0.2) is 20.8 Å². The van der Waals surface area contributed by atoms with E-state index in [0.29, 0.717) is 5.92 Å². The third-order valence-corrected chi connectivity index (χ3v) is 2.75. The third-order valence-electron chi connectivity index (χ3n) is 2.75. The van der Waals surface area contributed by atoms with Crippen molar-refractivity contribution in [3.8, 4) is 11.5 Å². The van der Waals surface area contributed by atoms with Crippen LogP contribution in [0.3, 0.4) is 0 Å². The number of hydrogen-bond donors (Lipinski definition) is 1. The standard InChI is InChI=1S/C13H21NO2/c1-5-10(2)9-14-12-7-6-11(15-3)8-13(12)16-4/h6-8,10,14H,5,9H2,1-4H3. The Labute approximate surface area is 97.8 Å². The first kappa shape index (κ1) is 12.7. The van der Waals surface area contributed by atoms with Gasteiger partial charge in [-0.2, -0.15) is 0 Å². The molecular formula is C13H21NO2. The molecule has 0 aliphatic rings. The Morgan fingerprint density at radius 2 is 2.00 bits per heavy atom. The summed E-state index contributed by atoms with van der Waals surface area (Å²) in [6, 6.07) is 5.81. The van der Waals surface area contributed by atoms with E-state index in [1.165, 1.54) is 6.42 Å². The van der Waals surface area contributed by atoms with Crippen LogP contribution in [0.15, 0.2) is 18.2 Å². The van der Waals surface area contributed by atoms with E-state index < -0.39 is 0 Å². The predicted molar refractivity (Wildman–Crippen MR) is 67.5 cm³/mol. The molecule has 0 aliphatic heterocycles. The maximum Gasteiger partial charge on any atom is 0.145 e. The van der Waals surface area contributed by atoms with Gasteiger partial charge in [-0.05, 0) is 18.1 Å². The number of anilines is 1. The largest absolute Gasteiger partial charge is 0.497 e. The summed E-state index contributed by atoms with van der Waals surface area (Å²) in [6.45, 7) is 5.37. The minimum absolute atomic E-state index is 0.659. The van der Waals surface area contributed by atoms with Crippen molar-refractivity contribution in [2.75, 3.05) is 26.1 Å². The molecule has 1 atom stereocenters. The van der Waals surface area contributed by atoms with Crippen LogP contribution in [0.1, 0.15) is 20.3 Å². The van der Waals surface area contributed by atoms with Gasteiger partial charge < -0.3 is 14.8 Å². The van der Waals surface area contributed by atoms with E-state index >= 15 is 0 Å². The van der Waals surface area contributed by atoms with Crippen LogP contribution in [0.5, 0.6) is 11.5 Å². The van der Waals surface area contributed by atoms with Crippen molar-refractivity contribution in [3.05, 3.63) is 18.2 Å². The molecule has 3 heteroatoms. The topological polar surface area (TPSA) is 30.5 Å². The van der Waals surface area contributed by atoms with Gasteiger partial charge in [0.1, 0.15) is 11.5 Å². The van der Waals surface area contributed by atoms with Gasteiger partial charge in [-0.15, -0.1) is 0 Å². The van der Waals surface area contributed by atoms with E-state index in [4.69, 9.17) is 9.47 Å². The van der Waals surface area contributed by atoms with Crippen LogP contribution in [0, 0.1) is 5.92 Å². The van der Waals surface area contributed by atoms with Gasteiger partial charge in [0.2, 0.25) is 0 Å². The smallest absolute Gasteiger partial charge is 0.145 e. The molecule has 0 aromatic heterocycles. The summed E-state index contributed by atoms with van der Waals surface area (Å²) in [5.74, 6) is 2.29. The zero-order valence-corrected chi connectivity index (χ0v) is 10.5. The van der Waals surface area contributed by atoms with Crippen LogP contribution in [0.2, 0.25) is 0 Å². The molecule has 3 nitrogen and oxygen atoms in total. The van der Waals surface area contributed by atoms with Gasteiger partial charge in [-0.25, -0.2) is 0 Å². The van der Waals surface area contributed by atoms with Crippen LogP contribution < -0.4 is 14.8 Å². The van der Waals surface area contributed by atoms with Crippen molar-refractivity contribution >= 4 is 5.69 Å². The van der Waals surface area contributed by atoms with Gasteiger partial charge >= 0.3 is 0 Å². The fourth-order valence-corrected chi connectivity index (χ4v) is 1.37. The average Bonchev–Trinajstić information content (AvgIpc) is 2.35. The van der Waals surface area contributed by atoms with Gasteiger partial charge in [0, 0.05) is 12.6 Å². The Kier molecular flexibility index (Phi) is 4.96. The fraction of sp³-hybridized carbons (Fsp3) is 0.538. The van der Waals surface area contributed by atoms with E-state index in [9.17, 15) is 0 Å². The molecule has 0 amide bonds. The summed E-state index contributed by atoms with van der Waals surface area (Å²) in [4.78, 5) is 0. The van der Waals surface area contributed by atoms with Gasteiger partial charge in [0.05, 0.1) is 19.9 Å². The summed E-state index contributed by atoms with van der Waals surface area (Å²) in [5.41, 5.74) is 1.02.